The third-order valence-corrected chi connectivity index (χ3v) is 3.50. The number of aromatic nitrogens is 3. The van der Waals surface area contributed by atoms with E-state index >= 15 is 0 Å². The number of benzene rings is 1. The Kier molecular flexibility index (Phi) is 4.28. The van der Waals surface area contributed by atoms with Gasteiger partial charge in [0, 0.05) is 18.3 Å². The monoisotopic (exact) mass is 328 g/mol. The summed E-state index contributed by atoms with van der Waals surface area (Å²) < 4.78 is 6.19. The number of hydrogen-bond acceptors (Lipinski definition) is 5. The number of aryl methyl sites for hydroxylation is 1. The van der Waals surface area contributed by atoms with E-state index in [1.165, 1.54) is 16.8 Å². The van der Waals surface area contributed by atoms with Crippen LogP contribution in [0.4, 0.5) is 5.69 Å². The number of hydrogen-bond donors (Lipinski definition) is 2. The molecule has 2 aromatic heterocycles. The lowest BCUT2D eigenvalue weighted by Gasteiger charge is -2.07. The SMILES string of the molecule is CCCCn1nc(C(=O)Nc2ccc3oc(=O)[nH]c3c2)ccc1=O. The summed E-state index contributed by atoms with van der Waals surface area (Å²) in [4.78, 5) is 37.7. The summed E-state index contributed by atoms with van der Waals surface area (Å²) in [6.07, 6.45) is 1.73. The van der Waals surface area contributed by atoms with E-state index in [1.54, 1.807) is 18.2 Å². The van der Waals surface area contributed by atoms with Crippen molar-refractivity contribution in [2.45, 2.75) is 26.3 Å². The predicted octanol–water partition coefficient (Wildman–Crippen LogP) is 1.73. The van der Waals surface area contributed by atoms with Gasteiger partial charge < -0.3 is 9.73 Å². The topological polar surface area (TPSA) is 110 Å². The maximum absolute atomic E-state index is 12.3. The van der Waals surface area contributed by atoms with Crippen LogP contribution in [0.5, 0.6) is 0 Å². The van der Waals surface area contributed by atoms with Gasteiger partial charge in [-0.2, -0.15) is 5.10 Å². The second-order valence-corrected chi connectivity index (χ2v) is 5.31. The Balaban J connectivity index is 1.82. The standard InChI is InChI=1S/C16H16N4O4/c1-2-3-8-20-14(21)7-5-11(19-20)15(22)17-10-4-6-13-12(9-10)18-16(23)24-13/h4-7,9H,2-3,8H2,1H3,(H,17,22)(H,18,23). The van der Waals surface area contributed by atoms with Crippen LogP contribution in [-0.4, -0.2) is 20.7 Å². The Hall–Kier alpha value is -3.16. The second kappa shape index (κ2) is 6.53. The highest BCUT2D eigenvalue weighted by Crippen LogP contribution is 2.16. The minimum absolute atomic E-state index is 0.145. The molecule has 0 aliphatic heterocycles. The highest BCUT2D eigenvalue weighted by molar-refractivity contribution is 6.03. The Morgan fingerprint density at radius 2 is 2.12 bits per heavy atom. The van der Waals surface area contributed by atoms with Crippen LogP contribution >= 0.6 is 0 Å². The Morgan fingerprint density at radius 3 is 2.92 bits per heavy atom. The van der Waals surface area contributed by atoms with Crippen molar-refractivity contribution in [3.63, 3.8) is 0 Å². The number of H-pyrrole nitrogens is 1. The number of aromatic amines is 1. The van der Waals surface area contributed by atoms with Crippen molar-refractivity contribution in [3.05, 3.63) is 56.9 Å². The molecule has 2 N–H and O–H groups in total. The molecular formula is C16H16N4O4. The lowest BCUT2D eigenvalue weighted by atomic mass is 10.2. The summed E-state index contributed by atoms with van der Waals surface area (Å²) in [5.41, 5.74) is 1.28. The molecule has 0 bridgehead atoms. The average Bonchev–Trinajstić information content (AvgIpc) is 2.93. The zero-order chi connectivity index (χ0) is 17.1. The third-order valence-electron chi connectivity index (χ3n) is 3.50. The number of amides is 1. The molecule has 124 valence electrons. The molecule has 0 saturated heterocycles. The van der Waals surface area contributed by atoms with E-state index in [0.29, 0.717) is 23.3 Å². The third kappa shape index (κ3) is 3.27. The van der Waals surface area contributed by atoms with Gasteiger partial charge in [0.25, 0.3) is 11.5 Å². The van der Waals surface area contributed by atoms with Gasteiger partial charge in [0.1, 0.15) is 5.69 Å². The molecule has 2 heterocycles. The quantitative estimate of drug-likeness (QED) is 0.741. The van der Waals surface area contributed by atoms with E-state index in [2.05, 4.69) is 15.4 Å². The maximum atomic E-state index is 12.3. The van der Waals surface area contributed by atoms with Crippen LogP contribution in [0.25, 0.3) is 11.1 Å². The number of rotatable bonds is 5. The van der Waals surface area contributed by atoms with E-state index in [4.69, 9.17) is 4.42 Å². The van der Waals surface area contributed by atoms with Gasteiger partial charge in [-0.15, -0.1) is 0 Å². The largest absolute Gasteiger partial charge is 0.417 e. The van der Waals surface area contributed by atoms with E-state index in [0.717, 1.165) is 12.8 Å². The summed E-state index contributed by atoms with van der Waals surface area (Å²) in [6, 6.07) is 7.50. The van der Waals surface area contributed by atoms with E-state index < -0.39 is 11.7 Å². The van der Waals surface area contributed by atoms with Gasteiger partial charge in [0.05, 0.1) is 5.52 Å². The molecule has 0 radical (unpaired) electrons. The van der Waals surface area contributed by atoms with Gasteiger partial charge in [-0.25, -0.2) is 9.48 Å². The van der Waals surface area contributed by atoms with E-state index in [1.807, 2.05) is 6.92 Å². The second-order valence-electron chi connectivity index (χ2n) is 5.31. The van der Waals surface area contributed by atoms with Crippen molar-refractivity contribution in [3.8, 4) is 0 Å². The fourth-order valence-corrected chi connectivity index (χ4v) is 2.26. The zero-order valence-corrected chi connectivity index (χ0v) is 13.0. The summed E-state index contributed by atoms with van der Waals surface area (Å²) in [5.74, 6) is -0.997. The number of fused-ring (bicyclic) bond motifs is 1. The first-order chi connectivity index (χ1) is 11.6. The summed E-state index contributed by atoms with van der Waals surface area (Å²) >= 11 is 0. The van der Waals surface area contributed by atoms with Gasteiger partial charge in [-0.05, 0) is 30.7 Å². The van der Waals surface area contributed by atoms with Gasteiger partial charge in [0.15, 0.2) is 5.58 Å². The van der Waals surface area contributed by atoms with Gasteiger partial charge in [0.2, 0.25) is 0 Å². The number of anilines is 1. The van der Waals surface area contributed by atoms with Gasteiger partial charge >= 0.3 is 5.76 Å². The maximum Gasteiger partial charge on any atom is 0.417 e. The van der Waals surface area contributed by atoms with Crippen molar-refractivity contribution in [1.82, 2.24) is 14.8 Å². The molecule has 0 spiro atoms. The highest BCUT2D eigenvalue weighted by Gasteiger charge is 2.11. The minimum atomic E-state index is -0.557. The first-order valence-electron chi connectivity index (χ1n) is 7.59. The molecule has 0 atom stereocenters. The fraction of sp³-hybridized carbons (Fsp3) is 0.250. The molecule has 8 heteroatoms. The predicted molar refractivity (Wildman–Crippen MR) is 88.2 cm³/mol. The molecule has 0 saturated carbocycles. The highest BCUT2D eigenvalue weighted by atomic mass is 16.4. The van der Waals surface area contributed by atoms with Crippen LogP contribution < -0.4 is 16.6 Å². The number of oxazole rings is 1. The van der Waals surface area contributed by atoms with Crippen LogP contribution in [-0.2, 0) is 6.54 Å². The number of carbonyl (C=O) groups is 1. The van der Waals surface area contributed by atoms with E-state index in [-0.39, 0.29) is 11.3 Å². The molecule has 8 nitrogen and oxygen atoms in total. The molecule has 0 aliphatic carbocycles. The van der Waals surface area contributed by atoms with E-state index in [9.17, 15) is 14.4 Å². The first-order valence-corrected chi connectivity index (χ1v) is 7.59. The lowest BCUT2D eigenvalue weighted by molar-refractivity contribution is 0.102. The zero-order valence-electron chi connectivity index (χ0n) is 13.0. The number of nitrogens with one attached hydrogen (secondary N) is 2. The van der Waals surface area contributed by atoms with Crippen LogP contribution in [0.2, 0.25) is 0 Å². The van der Waals surface area contributed by atoms with Gasteiger partial charge in [-0.1, -0.05) is 13.3 Å². The van der Waals surface area contributed by atoms with Crippen LogP contribution in [0, 0.1) is 0 Å². The number of carbonyl (C=O) groups excluding carboxylic acids is 1. The van der Waals surface area contributed by atoms with Crippen molar-refractivity contribution >= 4 is 22.7 Å². The van der Waals surface area contributed by atoms with Crippen molar-refractivity contribution in [1.29, 1.82) is 0 Å². The Labute approximate surface area is 136 Å². The molecule has 0 aliphatic rings. The van der Waals surface area contributed by atoms with Crippen LogP contribution in [0.3, 0.4) is 0 Å². The summed E-state index contributed by atoms with van der Waals surface area (Å²) in [5, 5.41) is 6.77. The summed E-state index contributed by atoms with van der Waals surface area (Å²) in [7, 11) is 0. The van der Waals surface area contributed by atoms with Crippen molar-refractivity contribution < 1.29 is 9.21 Å². The lowest BCUT2D eigenvalue weighted by Crippen LogP contribution is -2.26. The smallest absolute Gasteiger partial charge is 0.408 e. The number of unbranched alkanes of at least 4 members (excludes halogenated alkanes) is 1. The van der Waals surface area contributed by atoms with Gasteiger partial charge in [-0.3, -0.25) is 14.6 Å². The minimum Gasteiger partial charge on any atom is -0.408 e. The Morgan fingerprint density at radius 1 is 1.29 bits per heavy atom. The normalized spacial score (nSPS) is 10.9. The fourth-order valence-electron chi connectivity index (χ4n) is 2.26. The Bertz CT molecular complexity index is 999. The molecule has 0 fully saturated rings. The molecule has 3 rings (SSSR count). The number of nitrogens with zero attached hydrogens (tertiary/aromatic N) is 2. The van der Waals surface area contributed by atoms with Crippen LogP contribution in [0.1, 0.15) is 30.3 Å². The molecular weight excluding hydrogens is 312 g/mol. The molecule has 24 heavy (non-hydrogen) atoms. The van der Waals surface area contributed by atoms with Crippen molar-refractivity contribution in [2.75, 3.05) is 5.32 Å². The molecule has 1 aromatic carbocycles. The first kappa shape index (κ1) is 15.7. The summed E-state index contributed by atoms with van der Waals surface area (Å²) in [6.45, 7) is 2.48. The molecule has 3 aromatic rings. The average molecular weight is 328 g/mol. The van der Waals surface area contributed by atoms with Crippen molar-refractivity contribution in [2.24, 2.45) is 0 Å². The van der Waals surface area contributed by atoms with Crippen LogP contribution in [0.15, 0.2) is 44.3 Å². The molecule has 1 amide bonds. The molecule has 0 unspecified atom stereocenters.